The Balaban J connectivity index is 2.51. The predicted molar refractivity (Wildman–Crippen MR) is 53.8 cm³/mol. The summed E-state index contributed by atoms with van der Waals surface area (Å²) in [4.78, 5) is 4.00. The van der Waals surface area contributed by atoms with Gasteiger partial charge in [0.05, 0.1) is 5.56 Å². The molecule has 0 aliphatic rings. The van der Waals surface area contributed by atoms with E-state index in [9.17, 15) is 4.39 Å². The highest BCUT2D eigenvalue weighted by molar-refractivity contribution is 5.55. The molecule has 78 valence electrons. The molecule has 1 aromatic carbocycles. The van der Waals surface area contributed by atoms with Gasteiger partial charge in [-0.1, -0.05) is 18.1 Å². The minimum atomic E-state index is -0.337. The number of hydrogen-bond donors (Lipinski definition) is 0. The molecule has 0 unspecified atom stereocenters. The van der Waals surface area contributed by atoms with Gasteiger partial charge >= 0.3 is 0 Å². The number of hydrogen-bond acceptors (Lipinski definition) is 3. The molecule has 2 aromatic rings. The van der Waals surface area contributed by atoms with Gasteiger partial charge in [0.25, 0.3) is 5.89 Å². The number of halogens is 1. The molecule has 0 saturated carbocycles. The van der Waals surface area contributed by atoms with Crippen LogP contribution < -0.4 is 0 Å². The summed E-state index contributed by atoms with van der Waals surface area (Å²) in [6.07, 6.45) is 0.848. The van der Waals surface area contributed by atoms with Gasteiger partial charge in [-0.2, -0.15) is 4.98 Å². The Morgan fingerprint density at radius 3 is 2.80 bits per heavy atom. The van der Waals surface area contributed by atoms with Crippen molar-refractivity contribution in [3.05, 3.63) is 35.4 Å². The number of benzene rings is 1. The molecule has 1 aromatic heterocycles. The molecule has 3 nitrogen and oxygen atoms in total. The van der Waals surface area contributed by atoms with Crippen LogP contribution >= 0.6 is 0 Å². The van der Waals surface area contributed by atoms with Gasteiger partial charge in [0.1, 0.15) is 5.82 Å². The Kier molecular flexibility index (Phi) is 2.49. The quantitative estimate of drug-likeness (QED) is 0.758. The summed E-state index contributed by atoms with van der Waals surface area (Å²) in [6.45, 7) is 3.71. The normalized spacial score (nSPS) is 10.6. The first-order valence-corrected chi connectivity index (χ1v) is 4.80. The molecule has 0 amide bonds. The van der Waals surface area contributed by atoms with Crippen LogP contribution in [0.2, 0.25) is 0 Å². The maximum Gasteiger partial charge on any atom is 0.260 e. The molecule has 0 radical (unpaired) electrons. The van der Waals surface area contributed by atoms with Crippen LogP contribution in [0, 0.1) is 12.7 Å². The fraction of sp³-hybridized carbons (Fsp3) is 0.273. The largest absolute Gasteiger partial charge is 0.334 e. The molecule has 15 heavy (non-hydrogen) atoms. The Morgan fingerprint density at radius 2 is 2.20 bits per heavy atom. The van der Waals surface area contributed by atoms with Crippen LogP contribution in [0.4, 0.5) is 4.39 Å². The molecule has 0 atom stereocenters. The van der Waals surface area contributed by atoms with Crippen LogP contribution in [0.25, 0.3) is 11.5 Å². The zero-order valence-electron chi connectivity index (χ0n) is 8.62. The summed E-state index contributed by atoms with van der Waals surface area (Å²) in [5.74, 6) is 0.405. The molecule has 0 bridgehead atoms. The molecule has 0 spiro atoms. The minimum absolute atomic E-state index is 0.236. The second kappa shape index (κ2) is 3.81. The highest BCUT2D eigenvalue weighted by Crippen LogP contribution is 2.22. The van der Waals surface area contributed by atoms with E-state index in [1.54, 1.807) is 19.1 Å². The van der Waals surface area contributed by atoms with Crippen molar-refractivity contribution in [3.63, 3.8) is 0 Å². The predicted octanol–water partition coefficient (Wildman–Crippen LogP) is 2.75. The van der Waals surface area contributed by atoms with Crippen molar-refractivity contribution in [3.8, 4) is 11.5 Å². The highest BCUT2D eigenvalue weighted by atomic mass is 19.1. The van der Waals surface area contributed by atoms with Crippen molar-refractivity contribution in [2.75, 3.05) is 0 Å². The van der Waals surface area contributed by atoms with Crippen LogP contribution in [0.3, 0.4) is 0 Å². The topological polar surface area (TPSA) is 38.9 Å². The molecule has 0 fully saturated rings. The summed E-state index contributed by atoms with van der Waals surface area (Å²) in [6, 6.07) is 4.91. The van der Waals surface area contributed by atoms with Gasteiger partial charge in [-0.05, 0) is 31.0 Å². The average Bonchev–Trinajstić information content (AvgIpc) is 2.65. The highest BCUT2D eigenvalue weighted by Gasteiger charge is 2.11. The Hall–Kier alpha value is -1.71. The number of rotatable bonds is 2. The number of nitrogens with zero attached hydrogens (tertiary/aromatic N) is 2. The van der Waals surface area contributed by atoms with E-state index in [4.69, 9.17) is 4.52 Å². The maximum atomic E-state index is 13.5. The van der Waals surface area contributed by atoms with Gasteiger partial charge < -0.3 is 4.52 Å². The Bertz CT molecular complexity index is 479. The fourth-order valence-electron chi connectivity index (χ4n) is 1.36. The van der Waals surface area contributed by atoms with E-state index >= 15 is 0 Å². The van der Waals surface area contributed by atoms with E-state index in [0.29, 0.717) is 11.4 Å². The summed E-state index contributed by atoms with van der Waals surface area (Å²) in [7, 11) is 0. The monoisotopic (exact) mass is 206 g/mol. The van der Waals surface area contributed by atoms with Gasteiger partial charge in [0.2, 0.25) is 0 Å². The van der Waals surface area contributed by atoms with E-state index in [1.165, 1.54) is 6.07 Å². The molecule has 4 heteroatoms. The molecule has 1 heterocycles. The Morgan fingerprint density at radius 1 is 1.40 bits per heavy atom. The van der Waals surface area contributed by atoms with E-state index in [1.807, 2.05) is 6.92 Å². The zero-order chi connectivity index (χ0) is 10.8. The molecule has 0 aliphatic carbocycles. The van der Waals surface area contributed by atoms with Crippen LogP contribution in [-0.4, -0.2) is 10.1 Å². The van der Waals surface area contributed by atoms with Gasteiger partial charge in [-0.15, -0.1) is 0 Å². The van der Waals surface area contributed by atoms with Crippen molar-refractivity contribution in [2.45, 2.75) is 20.3 Å². The van der Waals surface area contributed by atoms with Gasteiger partial charge in [0, 0.05) is 0 Å². The van der Waals surface area contributed by atoms with Crippen LogP contribution in [0.5, 0.6) is 0 Å². The van der Waals surface area contributed by atoms with E-state index in [-0.39, 0.29) is 11.7 Å². The molecule has 0 saturated heterocycles. The van der Waals surface area contributed by atoms with Gasteiger partial charge in [-0.3, -0.25) is 0 Å². The number of aryl methyl sites for hydroxylation is 2. The van der Waals surface area contributed by atoms with Crippen LogP contribution in [0.15, 0.2) is 22.7 Å². The minimum Gasteiger partial charge on any atom is -0.334 e. The summed E-state index contributed by atoms with van der Waals surface area (Å²) in [5.41, 5.74) is 1.41. The summed E-state index contributed by atoms with van der Waals surface area (Å²) in [5, 5.41) is 3.64. The van der Waals surface area contributed by atoms with E-state index < -0.39 is 0 Å². The van der Waals surface area contributed by atoms with Crippen molar-refractivity contribution in [2.24, 2.45) is 0 Å². The van der Waals surface area contributed by atoms with Crippen LogP contribution in [-0.2, 0) is 6.42 Å². The lowest BCUT2D eigenvalue weighted by molar-refractivity contribution is 0.423. The molecule has 0 aliphatic heterocycles. The third kappa shape index (κ3) is 1.88. The van der Waals surface area contributed by atoms with Gasteiger partial charge in [0.15, 0.2) is 5.82 Å². The third-order valence-corrected chi connectivity index (χ3v) is 2.20. The van der Waals surface area contributed by atoms with Crippen LogP contribution in [0.1, 0.15) is 18.3 Å². The van der Waals surface area contributed by atoms with Crippen molar-refractivity contribution in [1.82, 2.24) is 10.1 Å². The Labute approximate surface area is 86.9 Å². The first-order valence-electron chi connectivity index (χ1n) is 4.80. The van der Waals surface area contributed by atoms with Gasteiger partial charge in [-0.25, -0.2) is 4.39 Å². The summed E-state index contributed by atoms with van der Waals surface area (Å²) < 4.78 is 18.4. The molecule has 0 N–H and O–H groups in total. The third-order valence-electron chi connectivity index (χ3n) is 2.20. The fourth-order valence-corrected chi connectivity index (χ4v) is 1.36. The molecule has 2 rings (SSSR count). The van der Waals surface area contributed by atoms with E-state index in [0.717, 1.165) is 12.0 Å². The first-order chi connectivity index (χ1) is 7.20. The second-order valence-corrected chi connectivity index (χ2v) is 3.31. The SMILES string of the molecule is CCc1ccc(F)c(-c2nc(C)no2)c1. The van der Waals surface area contributed by atoms with Crippen molar-refractivity contribution in [1.29, 1.82) is 0 Å². The molecular weight excluding hydrogens is 195 g/mol. The number of aromatic nitrogens is 2. The first kappa shape index (κ1) is 9.83. The zero-order valence-corrected chi connectivity index (χ0v) is 8.62. The smallest absolute Gasteiger partial charge is 0.260 e. The van der Waals surface area contributed by atoms with Crippen molar-refractivity contribution < 1.29 is 8.91 Å². The van der Waals surface area contributed by atoms with Crippen molar-refractivity contribution >= 4 is 0 Å². The average molecular weight is 206 g/mol. The van der Waals surface area contributed by atoms with E-state index in [2.05, 4.69) is 10.1 Å². The lowest BCUT2D eigenvalue weighted by Gasteiger charge is -2.00. The maximum absolute atomic E-state index is 13.5. The second-order valence-electron chi connectivity index (χ2n) is 3.31. The lowest BCUT2D eigenvalue weighted by Crippen LogP contribution is -1.88. The lowest BCUT2D eigenvalue weighted by atomic mass is 10.1. The summed E-state index contributed by atoms with van der Waals surface area (Å²) >= 11 is 0. The molecular formula is C11H11FN2O. The standard InChI is InChI=1S/C11H11FN2O/c1-3-8-4-5-10(12)9(6-8)11-13-7(2)14-15-11/h4-6H,3H2,1-2H3.